The third-order valence-electron chi connectivity index (χ3n) is 3.83. The van der Waals surface area contributed by atoms with E-state index in [4.69, 9.17) is 9.84 Å². The third kappa shape index (κ3) is 3.91. The number of aliphatic carboxylic acids is 1. The predicted octanol–water partition coefficient (Wildman–Crippen LogP) is 2.70. The van der Waals surface area contributed by atoms with Crippen molar-refractivity contribution in [2.24, 2.45) is 5.92 Å². The highest BCUT2D eigenvalue weighted by Gasteiger charge is 2.26. The van der Waals surface area contributed by atoms with Gasteiger partial charge in [0.2, 0.25) is 0 Å². The van der Waals surface area contributed by atoms with Crippen molar-refractivity contribution in [1.82, 2.24) is 4.90 Å². The minimum Gasteiger partial charge on any atom is -0.478 e. The molecule has 20 heavy (non-hydrogen) atoms. The number of piperidine rings is 1. The molecule has 1 saturated heterocycles. The Balaban J connectivity index is 2.00. The molecule has 1 N–H and O–H groups in total. The van der Waals surface area contributed by atoms with Crippen LogP contribution in [0.5, 0.6) is 0 Å². The van der Waals surface area contributed by atoms with E-state index in [1.54, 1.807) is 24.5 Å². The van der Waals surface area contributed by atoms with Crippen LogP contribution in [0.2, 0.25) is 0 Å². The Hall–Kier alpha value is -1.17. The van der Waals surface area contributed by atoms with Gasteiger partial charge in [-0.1, -0.05) is 6.92 Å². The smallest absolute Gasteiger partial charge is 0.328 e. The number of ether oxygens (including phenoxy) is 1. The monoisotopic (exact) mass is 295 g/mol. The largest absolute Gasteiger partial charge is 0.478 e. The summed E-state index contributed by atoms with van der Waals surface area (Å²) in [6, 6.07) is 1.97. The van der Waals surface area contributed by atoms with Gasteiger partial charge in [-0.2, -0.15) is 0 Å². The lowest BCUT2D eigenvalue weighted by atomic mass is 9.96. The Morgan fingerprint density at radius 1 is 1.65 bits per heavy atom. The topological polar surface area (TPSA) is 49.8 Å². The average molecular weight is 295 g/mol. The van der Waals surface area contributed by atoms with Crippen molar-refractivity contribution in [1.29, 1.82) is 0 Å². The first kappa shape index (κ1) is 15.2. The molecule has 1 aliphatic rings. The van der Waals surface area contributed by atoms with Crippen LogP contribution in [0, 0.1) is 5.92 Å². The SMILES string of the molecule is COC1CN(Cc2sccc2/C=C/C(=O)O)CCC1C. The van der Waals surface area contributed by atoms with E-state index in [1.165, 1.54) is 11.0 Å². The van der Waals surface area contributed by atoms with Gasteiger partial charge in [0.15, 0.2) is 0 Å². The normalized spacial score (nSPS) is 24.3. The molecule has 5 heteroatoms. The van der Waals surface area contributed by atoms with Crippen molar-refractivity contribution in [3.63, 3.8) is 0 Å². The van der Waals surface area contributed by atoms with Crippen molar-refractivity contribution in [2.45, 2.75) is 26.0 Å². The van der Waals surface area contributed by atoms with E-state index in [-0.39, 0.29) is 0 Å². The summed E-state index contributed by atoms with van der Waals surface area (Å²) in [6.07, 6.45) is 4.31. The summed E-state index contributed by atoms with van der Waals surface area (Å²) in [4.78, 5) is 14.2. The summed E-state index contributed by atoms with van der Waals surface area (Å²) < 4.78 is 5.53. The number of likely N-dealkylation sites (tertiary alicyclic amines) is 1. The van der Waals surface area contributed by atoms with Crippen LogP contribution in [0.25, 0.3) is 6.08 Å². The average Bonchev–Trinajstić information content (AvgIpc) is 2.86. The molecule has 0 aliphatic carbocycles. The van der Waals surface area contributed by atoms with Crippen LogP contribution in [-0.4, -0.2) is 42.3 Å². The van der Waals surface area contributed by atoms with Crippen LogP contribution in [0.4, 0.5) is 0 Å². The second-order valence-corrected chi connectivity index (χ2v) is 6.25. The molecule has 1 aromatic heterocycles. The van der Waals surface area contributed by atoms with Crippen LogP contribution in [0.3, 0.4) is 0 Å². The fourth-order valence-corrected chi connectivity index (χ4v) is 3.45. The zero-order valence-electron chi connectivity index (χ0n) is 11.9. The Morgan fingerprint density at radius 3 is 3.15 bits per heavy atom. The van der Waals surface area contributed by atoms with Crippen LogP contribution >= 0.6 is 11.3 Å². The first-order valence-corrected chi connectivity index (χ1v) is 7.70. The molecule has 2 heterocycles. The number of carboxylic acid groups (broad SMARTS) is 1. The lowest BCUT2D eigenvalue weighted by Gasteiger charge is -2.36. The molecule has 4 nitrogen and oxygen atoms in total. The van der Waals surface area contributed by atoms with Gasteiger partial charge in [0.05, 0.1) is 6.10 Å². The predicted molar refractivity (Wildman–Crippen MR) is 80.8 cm³/mol. The number of nitrogens with zero attached hydrogens (tertiary/aromatic N) is 1. The highest BCUT2D eigenvalue weighted by molar-refractivity contribution is 7.10. The van der Waals surface area contributed by atoms with Crippen LogP contribution in [-0.2, 0) is 16.1 Å². The van der Waals surface area contributed by atoms with Crippen molar-refractivity contribution < 1.29 is 14.6 Å². The molecule has 0 amide bonds. The highest BCUT2D eigenvalue weighted by atomic mass is 32.1. The lowest BCUT2D eigenvalue weighted by molar-refractivity contribution is -0.131. The second kappa shape index (κ2) is 7.02. The fourth-order valence-electron chi connectivity index (χ4n) is 2.54. The molecule has 0 spiro atoms. The van der Waals surface area contributed by atoms with Gasteiger partial charge >= 0.3 is 5.97 Å². The van der Waals surface area contributed by atoms with E-state index in [9.17, 15) is 4.79 Å². The van der Waals surface area contributed by atoms with Crippen molar-refractivity contribution in [2.75, 3.05) is 20.2 Å². The number of thiophene rings is 1. The van der Waals surface area contributed by atoms with Gasteiger partial charge in [-0.15, -0.1) is 11.3 Å². The van der Waals surface area contributed by atoms with Gasteiger partial charge in [-0.05, 0) is 42.0 Å². The summed E-state index contributed by atoms with van der Waals surface area (Å²) >= 11 is 1.68. The van der Waals surface area contributed by atoms with Crippen LogP contribution in [0.1, 0.15) is 23.8 Å². The number of methoxy groups -OCH3 is 1. The highest BCUT2D eigenvalue weighted by Crippen LogP contribution is 2.25. The van der Waals surface area contributed by atoms with Gasteiger partial charge < -0.3 is 9.84 Å². The molecule has 2 atom stereocenters. The summed E-state index contributed by atoms with van der Waals surface area (Å²) in [7, 11) is 1.77. The molecule has 110 valence electrons. The molecule has 0 radical (unpaired) electrons. The molecule has 0 aromatic carbocycles. The number of carbonyl (C=O) groups is 1. The maximum atomic E-state index is 10.6. The molecule has 2 rings (SSSR count). The van der Waals surface area contributed by atoms with E-state index in [0.717, 1.165) is 31.6 Å². The zero-order valence-corrected chi connectivity index (χ0v) is 12.7. The first-order chi connectivity index (χ1) is 9.60. The molecule has 0 saturated carbocycles. The van der Waals surface area contributed by atoms with E-state index in [0.29, 0.717) is 12.0 Å². The van der Waals surface area contributed by atoms with Gasteiger partial charge in [0.25, 0.3) is 0 Å². The van der Waals surface area contributed by atoms with Gasteiger partial charge in [-0.25, -0.2) is 4.79 Å². The molecule has 1 aliphatic heterocycles. The van der Waals surface area contributed by atoms with Crippen LogP contribution in [0.15, 0.2) is 17.5 Å². The summed E-state index contributed by atoms with van der Waals surface area (Å²) in [6.45, 7) is 5.11. The fraction of sp³-hybridized carbons (Fsp3) is 0.533. The summed E-state index contributed by atoms with van der Waals surface area (Å²) in [5, 5.41) is 10.7. The maximum absolute atomic E-state index is 10.6. The van der Waals surface area contributed by atoms with Gasteiger partial charge in [-0.3, -0.25) is 4.90 Å². The summed E-state index contributed by atoms with van der Waals surface area (Å²) in [5.74, 6) is -0.306. The molecule has 1 aromatic rings. The molecular weight excluding hydrogens is 274 g/mol. The Morgan fingerprint density at radius 2 is 2.45 bits per heavy atom. The van der Waals surface area contributed by atoms with Crippen molar-refractivity contribution in [3.8, 4) is 0 Å². The molecule has 1 fully saturated rings. The van der Waals surface area contributed by atoms with Crippen LogP contribution < -0.4 is 0 Å². The van der Waals surface area contributed by atoms with Crippen molar-refractivity contribution >= 4 is 23.4 Å². The number of hydrogen-bond acceptors (Lipinski definition) is 4. The van der Waals surface area contributed by atoms with E-state index < -0.39 is 5.97 Å². The second-order valence-electron chi connectivity index (χ2n) is 5.25. The first-order valence-electron chi connectivity index (χ1n) is 6.82. The number of rotatable bonds is 5. The molecule has 0 bridgehead atoms. The number of hydrogen-bond donors (Lipinski definition) is 1. The summed E-state index contributed by atoms with van der Waals surface area (Å²) in [5.41, 5.74) is 1.00. The Kier molecular flexibility index (Phi) is 5.34. The maximum Gasteiger partial charge on any atom is 0.328 e. The van der Waals surface area contributed by atoms with E-state index >= 15 is 0 Å². The zero-order chi connectivity index (χ0) is 14.5. The minimum absolute atomic E-state index is 0.293. The number of carboxylic acids is 1. The molecular formula is C15H21NO3S. The Labute approximate surface area is 123 Å². The van der Waals surface area contributed by atoms with Gasteiger partial charge in [0, 0.05) is 31.2 Å². The van der Waals surface area contributed by atoms with Crippen molar-refractivity contribution in [3.05, 3.63) is 28.0 Å². The van der Waals surface area contributed by atoms with Gasteiger partial charge in [0.1, 0.15) is 0 Å². The minimum atomic E-state index is -0.909. The third-order valence-corrected chi connectivity index (χ3v) is 4.75. The lowest BCUT2D eigenvalue weighted by Crippen LogP contribution is -2.43. The molecule has 2 unspecified atom stereocenters. The standard InChI is InChI=1S/C15H21NO3S/c1-11-5-7-16(9-13(11)19-2)10-14-12(6-8-20-14)3-4-15(17)18/h3-4,6,8,11,13H,5,7,9-10H2,1-2H3,(H,17,18)/b4-3+. The van der Waals surface area contributed by atoms with E-state index in [1.807, 2.05) is 11.4 Å². The Bertz CT molecular complexity index is 483. The quantitative estimate of drug-likeness (QED) is 0.849. The van der Waals surface area contributed by atoms with E-state index in [2.05, 4.69) is 11.8 Å².